The van der Waals surface area contributed by atoms with Crippen LogP contribution in [0.5, 0.6) is 0 Å². The Bertz CT molecular complexity index is 751. The second-order valence-corrected chi connectivity index (χ2v) is 6.96. The zero-order valence-electron chi connectivity index (χ0n) is 14.7. The van der Waals surface area contributed by atoms with Gasteiger partial charge in [0, 0.05) is 13.1 Å². The monoisotopic (exact) mass is 335 g/mol. The number of hydrogen-bond acceptors (Lipinski definition) is 2. The molecule has 1 aliphatic heterocycles. The highest BCUT2D eigenvalue weighted by atomic mass is 16.5. The zero-order chi connectivity index (χ0) is 17.1. The minimum absolute atomic E-state index is 0.241. The van der Waals surface area contributed by atoms with Crippen LogP contribution in [0.25, 0.3) is 11.1 Å². The number of amides is 1. The summed E-state index contributed by atoms with van der Waals surface area (Å²) < 4.78 is 5.93. The van der Waals surface area contributed by atoms with Crippen molar-refractivity contribution >= 4 is 17.1 Å². The molecule has 3 aliphatic rings. The van der Waals surface area contributed by atoms with Crippen molar-refractivity contribution in [3.8, 4) is 0 Å². The van der Waals surface area contributed by atoms with Gasteiger partial charge in [0.2, 0.25) is 5.91 Å². The van der Waals surface area contributed by atoms with E-state index in [1.807, 2.05) is 4.90 Å². The number of carbonyl (C=O) groups is 1. The topological polar surface area (TPSA) is 29.5 Å². The maximum absolute atomic E-state index is 12.2. The second kappa shape index (κ2) is 7.40. The molecule has 1 saturated heterocycles. The summed E-state index contributed by atoms with van der Waals surface area (Å²) in [6.07, 6.45) is 11.5. The zero-order valence-corrected chi connectivity index (χ0v) is 14.7. The highest BCUT2D eigenvalue weighted by Gasteiger charge is 2.26. The Morgan fingerprint density at radius 3 is 2.72 bits per heavy atom. The number of ether oxygens (including phenoxy) is 1. The minimum atomic E-state index is 0.241. The summed E-state index contributed by atoms with van der Waals surface area (Å²) >= 11 is 0. The molecule has 0 spiro atoms. The summed E-state index contributed by atoms with van der Waals surface area (Å²) in [5, 5.41) is 0. The van der Waals surface area contributed by atoms with Gasteiger partial charge in [-0.05, 0) is 53.5 Å². The summed E-state index contributed by atoms with van der Waals surface area (Å²) in [5.74, 6) is 0.241. The fourth-order valence-electron chi connectivity index (χ4n) is 4.04. The second-order valence-electron chi connectivity index (χ2n) is 6.96. The van der Waals surface area contributed by atoms with E-state index in [2.05, 4.69) is 42.5 Å². The average Bonchev–Trinajstić information content (AvgIpc) is 3.00. The third-order valence-electron chi connectivity index (χ3n) is 5.37. The molecule has 0 atom stereocenters. The number of piperidine rings is 1. The van der Waals surface area contributed by atoms with Crippen LogP contribution >= 0.6 is 0 Å². The van der Waals surface area contributed by atoms with Crippen molar-refractivity contribution in [2.75, 3.05) is 26.3 Å². The number of benzene rings is 1. The molecule has 0 saturated carbocycles. The third kappa shape index (κ3) is 3.34. The Balaban J connectivity index is 1.37. The van der Waals surface area contributed by atoms with Crippen molar-refractivity contribution in [3.05, 3.63) is 59.2 Å². The predicted octanol–water partition coefficient (Wildman–Crippen LogP) is 4.22. The number of allylic oxidation sites excluding steroid dienone is 5. The van der Waals surface area contributed by atoms with Crippen molar-refractivity contribution in [1.82, 2.24) is 4.90 Å². The largest absolute Gasteiger partial charge is 0.376 e. The number of likely N-dealkylation sites (tertiary alicyclic amines) is 1. The number of rotatable bonds is 5. The van der Waals surface area contributed by atoms with Crippen LogP contribution in [-0.2, 0) is 9.53 Å². The van der Waals surface area contributed by atoms with E-state index in [0.717, 1.165) is 32.4 Å². The van der Waals surface area contributed by atoms with E-state index in [0.29, 0.717) is 19.6 Å². The SMILES string of the molecule is O=C(CCOCC1=C2CC=CC=C2c2ccccc21)N1CCCCC1. The molecule has 3 heteroatoms. The standard InChI is InChI=1S/C22H25NO2/c24-22(23-13-6-1-7-14-23)12-15-25-16-21-19-10-4-2-8-17(19)18-9-3-5-11-20(18)21/h2-5,8-10H,1,6-7,11-16H2. The normalized spacial score (nSPS) is 18.9. The Morgan fingerprint density at radius 2 is 1.88 bits per heavy atom. The molecule has 0 N–H and O–H groups in total. The first-order valence-electron chi connectivity index (χ1n) is 9.39. The molecule has 130 valence electrons. The van der Waals surface area contributed by atoms with Crippen LogP contribution in [-0.4, -0.2) is 37.1 Å². The summed E-state index contributed by atoms with van der Waals surface area (Å²) in [4.78, 5) is 14.2. The van der Waals surface area contributed by atoms with Gasteiger partial charge in [0.05, 0.1) is 19.6 Å². The molecule has 1 aromatic carbocycles. The molecule has 0 unspecified atom stereocenters. The fourth-order valence-corrected chi connectivity index (χ4v) is 4.04. The molecule has 25 heavy (non-hydrogen) atoms. The van der Waals surface area contributed by atoms with E-state index < -0.39 is 0 Å². The summed E-state index contributed by atoms with van der Waals surface area (Å²) in [7, 11) is 0. The molecular weight excluding hydrogens is 310 g/mol. The van der Waals surface area contributed by atoms with Crippen molar-refractivity contribution in [1.29, 1.82) is 0 Å². The predicted molar refractivity (Wildman–Crippen MR) is 101 cm³/mol. The van der Waals surface area contributed by atoms with Crippen molar-refractivity contribution in [3.63, 3.8) is 0 Å². The van der Waals surface area contributed by atoms with Gasteiger partial charge in [-0.1, -0.05) is 42.5 Å². The van der Waals surface area contributed by atoms with Gasteiger partial charge in [0.25, 0.3) is 0 Å². The number of carbonyl (C=O) groups excluding carboxylic acids is 1. The van der Waals surface area contributed by atoms with E-state index in [1.165, 1.54) is 34.3 Å². The molecule has 0 aromatic heterocycles. The molecule has 3 nitrogen and oxygen atoms in total. The quantitative estimate of drug-likeness (QED) is 0.754. The van der Waals surface area contributed by atoms with Crippen molar-refractivity contribution in [2.24, 2.45) is 0 Å². The third-order valence-corrected chi connectivity index (χ3v) is 5.37. The molecule has 2 aliphatic carbocycles. The van der Waals surface area contributed by atoms with Crippen LogP contribution in [0.3, 0.4) is 0 Å². The van der Waals surface area contributed by atoms with E-state index in [9.17, 15) is 4.79 Å². The van der Waals surface area contributed by atoms with Crippen LogP contribution in [0.1, 0.15) is 43.2 Å². The van der Waals surface area contributed by atoms with E-state index in [-0.39, 0.29) is 5.91 Å². The Labute approximate surface area is 149 Å². The lowest BCUT2D eigenvalue weighted by molar-refractivity contribution is -0.133. The van der Waals surface area contributed by atoms with Crippen LogP contribution < -0.4 is 0 Å². The molecule has 1 aromatic rings. The highest BCUT2D eigenvalue weighted by Crippen LogP contribution is 2.44. The van der Waals surface area contributed by atoms with Crippen molar-refractivity contribution in [2.45, 2.75) is 32.1 Å². The van der Waals surface area contributed by atoms with Gasteiger partial charge in [-0.2, -0.15) is 0 Å². The Kier molecular flexibility index (Phi) is 4.84. The molecule has 4 rings (SSSR count). The number of hydrogen-bond donors (Lipinski definition) is 0. The molecular formula is C22H25NO2. The first kappa shape index (κ1) is 16.3. The summed E-state index contributed by atoms with van der Waals surface area (Å²) in [6, 6.07) is 8.55. The Morgan fingerprint density at radius 1 is 1.08 bits per heavy atom. The molecule has 0 bridgehead atoms. The van der Waals surface area contributed by atoms with Crippen LogP contribution in [0, 0.1) is 0 Å². The van der Waals surface area contributed by atoms with Gasteiger partial charge < -0.3 is 9.64 Å². The maximum atomic E-state index is 12.2. The van der Waals surface area contributed by atoms with E-state index >= 15 is 0 Å². The van der Waals surface area contributed by atoms with Gasteiger partial charge >= 0.3 is 0 Å². The first-order valence-corrected chi connectivity index (χ1v) is 9.39. The van der Waals surface area contributed by atoms with Crippen LogP contribution in [0.4, 0.5) is 0 Å². The van der Waals surface area contributed by atoms with Gasteiger partial charge in [-0.3, -0.25) is 4.79 Å². The van der Waals surface area contributed by atoms with Gasteiger partial charge in [-0.25, -0.2) is 0 Å². The molecule has 1 heterocycles. The van der Waals surface area contributed by atoms with Gasteiger partial charge in [0.15, 0.2) is 0 Å². The number of fused-ring (bicyclic) bond motifs is 3. The van der Waals surface area contributed by atoms with Gasteiger partial charge in [-0.15, -0.1) is 0 Å². The summed E-state index contributed by atoms with van der Waals surface area (Å²) in [6.45, 7) is 2.93. The fraction of sp³-hybridized carbons (Fsp3) is 0.409. The Hall–Kier alpha value is -2.13. The molecule has 0 radical (unpaired) electrons. The van der Waals surface area contributed by atoms with E-state index in [1.54, 1.807) is 0 Å². The van der Waals surface area contributed by atoms with Crippen LogP contribution in [0.2, 0.25) is 0 Å². The summed E-state index contributed by atoms with van der Waals surface area (Å²) in [5.41, 5.74) is 6.60. The number of nitrogens with zero attached hydrogens (tertiary/aromatic N) is 1. The average molecular weight is 335 g/mol. The lowest BCUT2D eigenvalue weighted by Gasteiger charge is -2.26. The lowest BCUT2D eigenvalue weighted by atomic mass is 9.97. The minimum Gasteiger partial charge on any atom is -0.376 e. The van der Waals surface area contributed by atoms with E-state index in [4.69, 9.17) is 4.74 Å². The van der Waals surface area contributed by atoms with Crippen molar-refractivity contribution < 1.29 is 9.53 Å². The molecule has 1 amide bonds. The van der Waals surface area contributed by atoms with Gasteiger partial charge in [0.1, 0.15) is 0 Å². The molecule has 1 fully saturated rings. The lowest BCUT2D eigenvalue weighted by Crippen LogP contribution is -2.36. The smallest absolute Gasteiger partial charge is 0.224 e. The maximum Gasteiger partial charge on any atom is 0.224 e. The van der Waals surface area contributed by atoms with Crippen LogP contribution in [0.15, 0.2) is 48.1 Å². The highest BCUT2D eigenvalue weighted by molar-refractivity contribution is 6.01. The first-order chi connectivity index (χ1) is 12.3.